The van der Waals surface area contributed by atoms with Gasteiger partial charge in [-0.3, -0.25) is 9.89 Å². The van der Waals surface area contributed by atoms with E-state index in [0.717, 1.165) is 22.6 Å². The molecule has 112 valence electrons. The molecule has 0 aliphatic rings. The molecule has 1 aromatic heterocycles. The average molecular weight is 287 g/mol. The van der Waals surface area contributed by atoms with E-state index in [0.29, 0.717) is 12.5 Å². The summed E-state index contributed by atoms with van der Waals surface area (Å²) in [5, 5.41) is 9.58. The minimum atomic E-state index is -0.144. The van der Waals surface area contributed by atoms with Crippen LogP contribution in [-0.2, 0) is 11.3 Å². The summed E-state index contributed by atoms with van der Waals surface area (Å²) in [6, 6.07) is 7.80. The molecule has 5 nitrogen and oxygen atoms in total. The summed E-state index contributed by atoms with van der Waals surface area (Å²) in [5.41, 5.74) is 3.04. The number of benzene rings is 1. The van der Waals surface area contributed by atoms with Gasteiger partial charge in [-0.05, 0) is 24.5 Å². The van der Waals surface area contributed by atoms with Gasteiger partial charge in [0.1, 0.15) is 5.75 Å². The first-order valence-electron chi connectivity index (χ1n) is 7.05. The van der Waals surface area contributed by atoms with Gasteiger partial charge in [0.25, 0.3) is 5.91 Å². The summed E-state index contributed by atoms with van der Waals surface area (Å²) >= 11 is 0. The molecule has 0 radical (unpaired) electrons. The molecule has 2 rings (SSSR count). The van der Waals surface area contributed by atoms with Gasteiger partial charge >= 0.3 is 0 Å². The predicted octanol–water partition coefficient (Wildman–Crippen LogP) is 2.54. The van der Waals surface area contributed by atoms with Crippen molar-refractivity contribution in [2.75, 3.05) is 6.61 Å². The van der Waals surface area contributed by atoms with Gasteiger partial charge in [-0.1, -0.05) is 32.0 Å². The lowest BCUT2D eigenvalue weighted by molar-refractivity contribution is -0.123. The van der Waals surface area contributed by atoms with Crippen LogP contribution in [0.4, 0.5) is 0 Å². The predicted molar refractivity (Wildman–Crippen MR) is 81.2 cm³/mol. The molecule has 0 fully saturated rings. The van der Waals surface area contributed by atoms with Gasteiger partial charge in [-0.2, -0.15) is 5.10 Å². The van der Waals surface area contributed by atoms with Crippen LogP contribution < -0.4 is 10.1 Å². The zero-order chi connectivity index (χ0) is 15.2. The lowest BCUT2D eigenvalue weighted by Crippen LogP contribution is -2.28. The van der Waals surface area contributed by atoms with Crippen molar-refractivity contribution in [1.29, 1.82) is 0 Å². The van der Waals surface area contributed by atoms with E-state index in [4.69, 9.17) is 4.74 Å². The van der Waals surface area contributed by atoms with Crippen LogP contribution in [0, 0.1) is 6.92 Å². The van der Waals surface area contributed by atoms with Gasteiger partial charge in [0.05, 0.1) is 6.20 Å². The Hall–Kier alpha value is -2.30. The molecule has 1 amide bonds. The second-order valence-electron chi connectivity index (χ2n) is 5.28. The van der Waals surface area contributed by atoms with Crippen LogP contribution in [0.3, 0.4) is 0 Å². The second-order valence-corrected chi connectivity index (χ2v) is 5.28. The van der Waals surface area contributed by atoms with Crippen molar-refractivity contribution in [2.45, 2.75) is 33.2 Å². The molecule has 1 aromatic carbocycles. The first kappa shape index (κ1) is 15.1. The largest absolute Gasteiger partial charge is 0.483 e. The van der Waals surface area contributed by atoms with E-state index in [1.807, 2.05) is 31.2 Å². The van der Waals surface area contributed by atoms with Crippen LogP contribution in [0.15, 0.2) is 30.5 Å². The average Bonchev–Trinajstić information content (AvgIpc) is 2.88. The molecule has 0 saturated carbocycles. The Labute approximate surface area is 124 Å². The van der Waals surface area contributed by atoms with E-state index in [1.165, 1.54) is 0 Å². The fourth-order valence-electron chi connectivity index (χ4n) is 2.03. The highest BCUT2D eigenvalue weighted by atomic mass is 16.5. The Morgan fingerprint density at radius 1 is 1.38 bits per heavy atom. The first-order chi connectivity index (χ1) is 10.1. The topological polar surface area (TPSA) is 67.0 Å². The zero-order valence-corrected chi connectivity index (χ0v) is 12.6. The van der Waals surface area contributed by atoms with Crippen molar-refractivity contribution in [2.24, 2.45) is 0 Å². The molecular formula is C16H21N3O2. The van der Waals surface area contributed by atoms with Gasteiger partial charge in [0, 0.05) is 17.8 Å². The fourth-order valence-corrected chi connectivity index (χ4v) is 2.03. The number of para-hydroxylation sites is 1. The molecule has 21 heavy (non-hydrogen) atoms. The summed E-state index contributed by atoms with van der Waals surface area (Å²) in [7, 11) is 0. The third-order valence-corrected chi connectivity index (χ3v) is 3.31. The molecule has 0 spiro atoms. The Kier molecular flexibility index (Phi) is 4.98. The molecule has 0 atom stereocenters. The van der Waals surface area contributed by atoms with Crippen LogP contribution in [0.25, 0.3) is 0 Å². The smallest absolute Gasteiger partial charge is 0.258 e. The van der Waals surface area contributed by atoms with Crippen molar-refractivity contribution in [3.05, 3.63) is 47.3 Å². The van der Waals surface area contributed by atoms with Crippen molar-refractivity contribution in [3.63, 3.8) is 0 Å². The number of rotatable bonds is 6. The summed E-state index contributed by atoms with van der Waals surface area (Å²) < 4.78 is 5.62. The fraction of sp³-hybridized carbons (Fsp3) is 0.375. The minimum absolute atomic E-state index is 0.0145. The third kappa shape index (κ3) is 4.08. The molecule has 0 aliphatic carbocycles. The van der Waals surface area contributed by atoms with Crippen molar-refractivity contribution >= 4 is 5.91 Å². The molecular weight excluding hydrogens is 266 g/mol. The SMILES string of the molecule is Cc1[nH]ncc1CNC(=O)COc1ccccc1C(C)C. The van der Waals surface area contributed by atoms with Crippen LogP contribution in [-0.4, -0.2) is 22.7 Å². The number of amides is 1. The summed E-state index contributed by atoms with van der Waals surface area (Å²) in [6.45, 7) is 6.59. The van der Waals surface area contributed by atoms with Crippen LogP contribution in [0.2, 0.25) is 0 Å². The van der Waals surface area contributed by atoms with Crippen LogP contribution in [0.5, 0.6) is 5.75 Å². The Bertz CT molecular complexity index is 605. The van der Waals surface area contributed by atoms with Crippen molar-refractivity contribution in [1.82, 2.24) is 15.5 Å². The maximum Gasteiger partial charge on any atom is 0.258 e. The summed E-state index contributed by atoms with van der Waals surface area (Å²) in [6.07, 6.45) is 1.71. The van der Waals surface area contributed by atoms with E-state index < -0.39 is 0 Å². The van der Waals surface area contributed by atoms with Crippen LogP contribution in [0.1, 0.15) is 36.6 Å². The lowest BCUT2D eigenvalue weighted by Gasteiger charge is -2.13. The highest BCUT2D eigenvalue weighted by Gasteiger charge is 2.09. The number of ether oxygens (including phenoxy) is 1. The Morgan fingerprint density at radius 2 is 2.14 bits per heavy atom. The first-order valence-corrected chi connectivity index (χ1v) is 7.05. The van der Waals surface area contributed by atoms with Gasteiger partial charge in [-0.15, -0.1) is 0 Å². The number of aromatic amines is 1. The van der Waals surface area contributed by atoms with E-state index in [1.54, 1.807) is 6.20 Å². The van der Waals surface area contributed by atoms with E-state index in [2.05, 4.69) is 29.4 Å². The summed E-state index contributed by atoms with van der Waals surface area (Å²) in [5.74, 6) is 0.981. The van der Waals surface area contributed by atoms with Crippen molar-refractivity contribution in [3.8, 4) is 5.75 Å². The monoisotopic (exact) mass is 287 g/mol. The van der Waals surface area contributed by atoms with Crippen molar-refractivity contribution < 1.29 is 9.53 Å². The molecule has 0 unspecified atom stereocenters. The molecule has 5 heteroatoms. The zero-order valence-electron chi connectivity index (χ0n) is 12.6. The number of aryl methyl sites for hydroxylation is 1. The number of hydrogen-bond acceptors (Lipinski definition) is 3. The number of nitrogens with one attached hydrogen (secondary N) is 2. The number of H-pyrrole nitrogens is 1. The minimum Gasteiger partial charge on any atom is -0.483 e. The molecule has 2 N–H and O–H groups in total. The maximum absolute atomic E-state index is 11.8. The van der Waals surface area contributed by atoms with Gasteiger partial charge in [-0.25, -0.2) is 0 Å². The standard InChI is InChI=1S/C16H21N3O2/c1-11(2)14-6-4-5-7-15(14)21-10-16(20)17-8-13-9-18-19-12(13)3/h4-7,9,11H,8,10H2,1-3H3,(H,17,20)(H,18,19). The normalized spacial score (nSPS) is 10.7. The molecule has 0 saturated heterocycles. The van der Waals surface area contributed by atoms with E-state index >= 15 is 0 Å². The highest BCUT2D eigenvalue weighted by molar-refractivity contribution is 5.77. The molecule has 0 bridgehead atoms. The van der Waals surface area contributed by atoms with Gasteiger partial charge in [0.15, 0.2) is 6.61 Å². The Balaban J connectivity index is 1.86. The highest BCUT2D eigenvalue weighted by Crippen LogP contribution is 2.25. The number of carbonyl (C=O) groups excluding carboxylic acids is 1. The lowest BCUT2D eigenvalue weighted by atomic mass is 10.0. The Morgan fingerprint density at radius 3 is 2.81 bits per heavy atom. The quantitative estimate of drug-likeness (QED) is 0.858. The van der Waals surface area contributed by atoms with Gasteiger partial charge < -0.3 is 10.1 Å². The number of aromatic nitrogens is 2. The number of carbonyl (C=O) groups is 1. The van der Waals surface area contributed by atoms with Gasteiger partial charge in [0.2, 0.25) is 0 Å². The number of nitrogens with zero attached hydrogens (tertiary/aromatic N) is 1. The maximum atomic E-state index is 11.8. The molecule has 1 heterocycles. The molecule has 2 aromatic rings. The number of hydrogen-bond donors (Lipinski definition) is 2. The summed E-state index contributed by atoms with van der Waals surface area (Å²) in [4.78, 5) is 11.8. The van der Waals surface area contributed by atoms with E-state index in [9.17, 15) is 4.79 Å². The van der Waals surface area contributed by atoms with E-state index in [-0.39, 0.29) is 12.5 Å². The second kappa shape index (κ2) is 6.92. The van der Waals surface area contributed by atoms with Crippen LogP contribution >= 0.6 is 0 Å². The molecule has 0 aliphatic heterocycles. The third-order valence-electron chi connectivity index (χ3n) is 3.31.